The Hall–Kier alpha value is -3.81. The molecule has 0 bridgehead atoms. The monoisotopic (exact) mass is 410 g/mol. The molecule has 0 aliphatic heterocycles. The van der Waals surface area contributed by atoms with E-state index in [1.165, 1.54) is 12.1 Å². The molecule has 0 spiro atoms. The van der Waals surface area contributed by atoms with Crippen molar-refractivity contribution in [3.8, 4) is 23.1 Å². The third-order valence-corrected chi connectivity index (χ3v) is 4.15. The molecular formula is C22H23FN4O3. The predicted octanol–water partition coefficient (Wildman–Crippen LogP) is 4.22. The van der Waals surface area contributed by atoms with Crippen LogP contribution in [0.2, 0.25) is 0 Å². The number of aromatic nitrogens is 1. The largest absolute Gasteiger partial charge is 0.493 e. The van der Waals surface area contributed by atoms with E-state index in [9.17, 15) is 4.39 Å². The van der Waals surface area contributed by atoms with Crippen LogP contribution in [0.1, 0.15) is 5.56 Å². The van der Waals surface area contributed by atoms with Gasteiger partial charge in [0.25, 0.3) is 0 Å². The van der Waals surface area contributed by atoms with Gasteiger partial charge in [-0.05, 0) is 29.8 Å². The Morgan fingerprint density at radius 1 is 1.03 bits per heavy atom. The molecule has 0 fully saturated rings. The standard InChI is InChI=1S/C22H23FN4O3/c1-24-22(27-17-8-9-19(28-2)20(12-17)29-3)26-14-15-7-10-21(25-13-15)30-18-6-4-5-16(23)11-18/h4-13H,14H2,1-3H3,(H2,24,26,27). The van der Waals surface area contributed by atoms with Crippen molar-refractivity contribution in [3.05, 3.63) is 72.2 Å². The highest BCUT2D eigenvalue weighted by molar-refractivity contribution is 5.93. The molecule has 0 aliphatic carbocycles. The predicted molar refractivity (Wildman–Crippen MR) is 114 cm³/mol. The average molecular weight is 410 g/mol. The minimum absolute atomic E-state index is 0.360. The van der Waals surface area contributed by atoms with Gasteiger partial charge in [0.1, 0.15) is 11.6 Å². The number of methoxy groups -OCH3 is 2. The number of benzene rings is 2. The van der Waals surface area contributed by atoms with Gasteiger partial charge in [0, 0.05) is 43.7 Å². The molecule has 0 saturated carbocycles. The number of ether oxygens (including phenoxy) is 3. The topological polar surface area (TPSA) is 77.0 Å². The maximum absolute atomic E-state index is 13.2. The molecule has 3 rings (SSSR count). The van der Waals surface area contributed by atoms with Gasteiger partial charge in [0.15, 0.2) is 17.5 Å². The van der Waals surface area contributed by atoms with Crippen LogP contribution in [-0.4, -0.2) is 32.2 Å². The van der Waals surface area contributed by atoms with Crippen LogP contribution in [0.25, 0.3) is 0 Å². The number of nitrogens with one attached hydrogen (secondary N) is 2. The Morgan fingerprint density at radius 3 is 2.53 bits per heavy atom. The molecule has 1 heterocycles. The van der Waals surface area contributed by atoms with Crippen LogP contribution >= 0.6 is 0 Å². The van der Waals surface area contributed by atoms with Gasteiger partial charge in [-0.3, -0.25) is 4.99 Å². The van der Waals surface area contributed by atoms with Gasteiger partial charge in [-0.1, -0.05) is 12.1 Å². The van der Waals surface area contributed by atoms with Gasteiger partial charge in [-0.2, -0.15) is 0 Å². The highest BCUT2D eigenvalue weighted by Gasteiger charge is 2.07. The third-order valence-electron chi connectivity index (χ3n) is 4.15. The van der Waals surface area contributed by atoms with Gasteiger partial charge in [-0.25, -0.2) is 9.37 Å². The number of anilines is 1. The highest BCUT2D eigenvalue weighted by atomic mass is 19.1. The Kier molecular flexibility index (Phi) is 7.05. The van der Waals surface area contributed by atoms with Crippen LogP contribution in [0.5, 0.6) is 23.1 Å². The van der Waals surface area contributed by atoms with Crippen molar-refractivity contribution >= 4 is 11.6 Å². The van der Waals surface area contributed by atoms with E-state index in [-0.39, 0.29) is 5.82 Å². The SMILES string of the molecule is CN=C(NCc1ccc(Oc2cccc(F)c2)nc1)Nc1ccc(OC)c(OC)c1. The zero-order valence-electron chi connectivity index (χ0n) is 17.0. The van der Waals surface area contributed by atoms with E-state index < -0.39 is 0 Å². The Morgan fingerprint density at radius 2 is 1.87 bits per heavy atom. The number of halogens is 1. The fourth-order valence-electron chi connectivity index (χ4n) is 2.64. The Bertz CT molecular complexity index is 1010. The molecule has 0 saturated heterocycles. The second-order valence-electron chi connectivity index (χ2n) is 6.18. The lowest BCUT2D eigenvalue weighted by atomic mass is 10.2. The summed E-state index contributed by atoms with van der Waals surface area (Å²) in [7, 11) is 4.86. The number of hydrogen-bond acceptors (Lipinski definition) is 5. The fraction of sp³-hybridized carbons (Fsp3) is 0.182. The van der Waals surface area contributed by atoms with E-state index in [4.69, 9.17) is 14.2 Å². The van der Waals surface area contributed by atoms with Crippen molar-refractivity contribution in [2.75, 3.05) is 26.6 Å². The molecule has 1 aromatic heterocycles. The van der Waals surface area contributed by atoms with Crippen molar-refractivity contribution in [3.63, 3.8) is 0 Å². The molecule has 2 N–H and O–H groups in total. The maximum Gasteiger partial charge on any atom is 0.219 e. The van der Waals surface area contributed by atoms with E-state index in [2.05, 4.69) is 20.6 Å². The van der Waals surface area contributed by atoms with Crippen LogP contribution in [0.3, 0.4) is 0 Å². The smallest absolute Gasteiger partial charge is 0.219 e. The van der Waals surface area contributed by atoms with E-state index >= 15 is 0 Å². The van der Waals surface area contributed by atoms with Gasteiger partial charge < -0.3 is 24.8 Å². The molecule has 8 heteroatoms. The van der Waals surface area contributed by atoms with Gasteiger partial charge >= 0.3 is 0 Å². The van der Waals surface area contributed by atoms with Crippen molar-refractivity contribution in [2.45, 2.75) is 6.54 Å². The quantitative estimate of drug-likeness (QED) is 0.449. The zero-order valence-corrected chi connectivity index (χ0v) is 17.0. The third kappa shape index (κ3) is 5.60. The van der Waals surface area contributed by atoms with E-state index in [1.807, 2.05) is 24.3 Å². The minimum Gasteiger partial charge on any atom is -0.493 e. The van der Waals surface area contributed by atoms with Gasteiger partial charge in [-0.15, -0.1) is 0 Å². The number of guanidine groups is 1. The fourth-order valence-corrected chi connectivity index (χ4v) is 2.64. The first-order valence-electron chi connectivity index (χ1n) is 9.19. The van der Waals surface area contributed by atoms with Gasteiger partial charge in [0.05, 0.1) is 14.2 Å². The molecule has 156 valence electrons. The van der Waals surface area contributed by atoms with Gasteiger partial charge in [0.2, 0.25) is 5.88 Å². The zero-order chi connectivity index (χ0) is 21.3. The second-order valence-corrected chi connectivity index (χ2v) is 6.18. The summed E-state index contributed by atoms with van der Waals surface area (Å²) in [5.74, 6) is 2.28. The lowest BCUT2D eigenvalue weighted by Crippen LogP contribution is -2.30. The summed E-state index contributed by atoms with van der Waals surface area (Å²) in [5.41, 5.74) is 1.73. The number of rotatable bonds is 7. The first kappa shape index (κ1) is 20.9. The summed E-state index contributed by atoms with van der Waals surface area (Å²) >= 11 is 0. The first-order valence-corrected chi connectivity index (χ1v) is 9.19. The number of aliphatic imine (C=N–C) groups is 1. The number of hydrogen-bond donors (Lipinski definition) is 2. The number of pyridine rings is 1. The van der Waals surface area contributed by atoms with E-state index in [0.717, 1.165) is 11.3 Å². The molecule has 0 aliphatic rings. The Balaban J connectivity index is 1.57. The summed E-state index contributed by atoms with van der Waals surface area (Å²) in [4.78, 5) is 8.48. The van der Waals surface area contributed by atoms with Crippen LogP contribution < -0.4 is 24.8 Å². The van der Waals surface area contributed by atoms with Crippen molar-refractivity contribution < 1.29 is 18.6 Å². The van der Waals surface area contributed by atoms with Crippen molar-refractivity contribution in [1.82, 2.24) is 10.3 Å². The normalized spacial score (nSPS) is 11.0. The highest BCUT2D eigenvalue weighted by Crippen LogP contribution is 2.29. The average Bonchev–Trinajstić information content (AvgIpc) is 2.77. The van der Waals surface area contributed by atoms with Crippen LogP contribution in [0, 0.1) is 5.82 Å². The summed E-state index contributed by atoms with van der Waals surface area (Å²) < 4.78 is 29.4. The molecular weight excluding hydrogens is 387 g/mol. The molecule has 0 radical (unpaired) electrons. The maximum atomic E-state index is 13.2. The molecule has 30 heavy (non-hydrogen) atoms. The van der Waals surface area contributed by atoms with E-state index in [0.29, 0.717) is 35.6 Å². The van der Waals surface area contributed by atoms with Crippen molar-refractivity contribution in [2.24, 2.45) is 4.99 Å². The summed E-state index contributed by atoms with van der Waals surface area (Å²) in [6.07, 6.45) is 1.69. The van der Waals surface area contributed by atoms with Crippen molar-refractivity contribution in [1.29, 1.82) is 0 Å². The lowest BCUT2D eigenvalue weighted by molar-refractivity contribution is 0.355. The van der Waals surface area contributed by atoms with Crippen LogP contribution in [0.4, 0.5) is 10.1 Å². The molecule has 7 nitrogen and oxygen atoms in total. The second kappa shape index (κ2) is 10.1. The minimum atomic E-state index is -0.360. The summed E-state index contributed by atoms with van der Waals surface area (Å²) in [6.45, 7) is 0.500. The molecule has 2 aromatic carbocycles. The Labute approximate surface area is 174 Å². The van der Waals surface area contributed by atoms with Crippen LogP contribution in [0.15, 0.2) is 65.8 Å². The first-order chi connectivity index (χ1) is 14.6. The van der Waals surface area contributed by atoms with Crippen LogP contribution in [-0.2, 0) is 6.54 Å². The summed E-state index contributed by atoms with van der Waals surface area (Å²) in [6, 6.07) is 15.0. The molecule has 3 aromatic rings. The molecule has 0 unspecified atom stereocenters. The number of nitrogens with zero attached hydrogens (tertiary/aromatic N) is 2. The molecule has 0 atom stereocenters. The molecule has 0 amide bonds. The summed E-state index contributed by atoms with van der Waals surface area (Å²) in [5, 5.41) is 6.41. The lowest BCUT2D eigenvalue weighted by Gasteiger charge is -2.14. The van der Waals surface area contributed by atoms with E-state index in [1.54, 1.807) is 45.7 Å².